The summed E-state index contributed by atoms with van der Waals surface area (Å²) in [5, 5.41) is 1.89. The van der Waals surface area contributed by atoms with Gasteiger partial charge in [0.15, 0.2) is 0 Å². The van der Waals surface area contributed by atoms with Crippen LogP contribution in [0.15, 0.2) is 48.5 Å². The number of rotatable bonds is 5. The molecule has 1 atom stereocenters. The van der Waals surface area contributed by atoms with Crippen molar-refractivity contribution in [3.05, 3.63) is 59.7 Å². The van der Waals surface area contributed by atoms with Gasteiger partial charge in [-0.15, -0.1) is 0 Å². The highest BCUT2D eigenvalue weighted by Crippen LogP contribution is 2.32. The predicted octanol–water partition coefficient (Wildman–Crippen LogP) is 3.93. The molecular weight excluding hydrogens is 323 g/mol. The van der Waals surface area contributed by atoms with E-state index in [9.17, 15) is 18.0 Å². The van der Waals surface area contributed by atoms with Gasteiger partial charge in [-0.2, -0.15) is 13.2 Å². The van der Waals surface area contributed by atoms with Crippen LogP contribution >= 0.6 is 0 Å². The third kappa shape index (κ3) is 4.05. The van der Waals surface area contributed by atoms with Gasteiger partial charge in [-0.3, -0.25) is 4.79 Å². The molecule has 128 valence electrons. The number of para-hydroxylation sites is 1. The maximum absolute atomic E-state index is 12.5. The summed E-state index contributed by atoms with van der Waals surface area (Å²) in [6, 6.07) is 13.1. The van der Waals surface area contributed by atoms with Crippen LogP contribution in [0.25, 0.3) is 0 Å². The Morgan fingerprint density at radius 3 is 2.21 bits per heavy atom. The minimum atomic E-state index is -4.96. The summed E-state index contributed by atoms with van der Waals surface area (Å²) < 4.78 is 48.0. The van der Waals surface area contributed by atoms with Crippen LogP contribution in [-0.4, -0.2) is 26.3 Å². The van der Waals surface area contributed by atoms with E-state index in [2.05, 4.69) is 0 Å². The van der Waals surface area contributed by atoms with Crippen LogP contribution < -0.4 is 10.1 Å². The number of alkyl halides is 3. The van der Waals surface area contributed by atoms with E-state index >= 15 is 0 Å². The van der Waals surface area contributed by atoms with Crippen LogP contribution in [0.3, 0.4) is 0 Å². The van der Waals surface area contributed by atoms with Crippen LogP contribution in [0.4, 0.5) is 18.9 Å². The number of hydrogen-bond acceptors (Lipinski definition) is 3. The topological polar surface area (TPSA) is 47.6 Å². The Labute approximate surface area is 137 Å². The number of hydrogen-bond donors (Lipinski definition) is 1. The molecule has 0 aliphatic carbocycles. The van der Waals surface area contributed by atoms with E-state index in [-0.39, 0.29) is 5.69 Å². The summed E-state index contributed by atoms with van der Waals surface area (Å²) >= 11 is 0. The molecule has 2 aromatic carbocycles. The highest BCUT2D eigenvalue weighted by atomic mass is 19.4. The molecule has 0 spiro atoms. The molecule has 2 rings (SSSR count). The molecule has 7 heteroatoms. The minimum absolute atomic E-state index is 0.0440. The third-order valence-corrected chi connectivity index (χ3v) is 3.40. The maximum atomic E-state index is 12.5. The van der Waals surface area contributed by atoms with Crippen molar-refractivity contribution in [1.82, 2.24) is 0 Å². The van der Waals surface area contributed by atoms with E-state index in [0.29, 0.717) is 16.9 Å². The summed E-state index contributed by atoms with van der Waals surface area (Å²) in [6.45, 7) is 0. The van der Waals surface area contributed by atoms with E-state index in [1.807, 2.05) is 5.32 Å². The van der Waals surface area contributed by atoms with Crippen LogP contribution in [0.5, 0.6) is 5.75 Å². The first-order valence-corrected chi connectivity index (χ1v) is 7.00. The zero-order valence-corrected chi connectivity index (χ0v) is 13.1. The normalized spacial score (nSPS) is 12.5. The average molecular weight is 339 g/mol. The van der Waals surface area contributed by atoms with Gasteiger partial charge in [0.25, 0.3) is 0 Å². The van der Waals surface area contributed by atoms with Gasteiger partial charge in [0.05, 0.1) is 7.11 Å². The fourth-order valence-electron chi connectivity index (χ4n) is 2.25. The Balaban J connectivity index is 2.36. The zero-order valence-electron chi connectivity index (χ0n) is 13.1. The molecule has 0 saturated heterocycles. The van der Waals surface area contributed by atoms with Crippen LogP contribution in [-0.2, 0) is 9.53 Å². The van der Waals surface area contributed by atoms with Gasteiger partial charge in [0.2, 0.25) is 0 Å². The van der Waals surface area contributed by atoms with E-state index in [4.69, 9.17) is 9.47 Å². The van der Waals surface area contributed by atoms with E-state index < -0.39 is 18.2 Å². The van der Waals surface area contributed by atoms with Crippen molar-refractivity contribution >= 4 is 11.6 Å². The second-order valence-corrected chi connectivity index (χ2v) is 4.93. The molecule has 2 aromatic rings. The predicted molar refractivity (Wildman–Crippen MR) is 83.0 cm³/mol. The first kappa shape index (κ1) is 17.8. The number of halogens is 3. The lowest BCUT2D eigenvalue weighted by atomic mass is 9.99. The number of benzene rings is 2. The van der Waals surface area contributed by atoms with Crippen molar-refractivity contribution in [2.24, 2.45) is 0 Å². The SMILES string of the molecule is COc1ccc(C(OC)c2ccccc2NC(=O)C(F)(F)F)cc1. The van der Waals surface area contributed by atoms with Gasteiger partial charge >= 0.3 is 12.1 Å². The Morgan fingerprint density at radius 2 is 1.67 bits per heavy atom. The summed E-state index contributed by atoms with van der Waals surface area (Å²) in [5.41, 5.74) is 1.18. The molecule has 0 aromatic heterocycles. The summed E-state index contributed by atoms with van der Waals surface area (Å²) in [6.07, 6.45) is -5.60. The van der Waals surface area contributed by atoms with Crippen LogP contribution in [0.1, 0.15) is 17.2 Å². The number of methoxy groups -OCH3 is 2. The van der Waals surface area contributed by atoms with Crippen LogP contribution in [0, 0.1) is 0 Å². The minimum Gasteiger partial charge on any atom is -0.497 e. The fourth-order valence-corrected chi connectivity index (χ4v) is 2.25. The van der Waals surface area contributed by atoms with Crippen molar-refractivity contribution in [1.29, 1.82) is 0 Å². The van der Waals surface area contributed by atoms with E-state index in [1.165, 1.54) is 26.4 Å². The molecule has 1 amide bonds. The second-order valence-electron chi connectivity index (χ2n) is 4.93. The quantitative estimate of drug-likeness (QED) is 0.898. The van der Waals surface area contributed by atoms with Gasteiger partial charge < -0.3 is 14.8 Å². The second kappa shape index (κ2) is 7.35. The first-order valence-electron chi connectivity index (χ1n) is 7.00. The molecule has 0 saturated carbocycles. The number of amides is 1. The molecule has 0 heterocycles. The summed E-state index contributed by atoms with van der Waals surface area (Å²) in [5.74, 6) is -1.38. The Hall–Kier alpha value is -2.54. The molecule has 1 unspecified atom stereocenters. The van der Waals surface area contributed by atoms with Gasteiger partial charge in [-0.05, 0) is 23.8 Å². The summed E-state index contributed by atoms with van der Waals surface area (Å²) in [4.78, 5) is 11.2. The number of carbonyl (C=O) groups excluding carboxylic acids is 1. The molecule has 0 bridgehead atoms. The Bertz CT molecular complexity index is 699. The molecule has 0 radical (unpaired) electrons. The van der Waals surface area contributed by atoms with Gasteiger partial charge in [0, 0.05) is 18.4 Å². The van der Waals surface area contributed by atoms with E-state index in [1.54, 1.807) is 36.4 Å². The standard InChI is InChI=1S/C17H16F3NO3/c1-23-12-9-7-11(8-10-12)15(24-2)13-5-3-4-6-14(13)21-16(22)17(18,19)20/h3-10,15H,1-2H3,(H,21,22). The molecule has 0 aliphatic rings. The highest BCUT2D eigenvalue weighted by molar-refractivity contribution is 5.95. The number of anilines is 1. The van der Waals surface area contributed by atoms with Gasteiger partial charge in [0.1, 0.15) is 11.9 Å². The first-order chi connectivity index (χ1) is 11.4. The highest BCUT2D eigenvalue weighted by Gasteiger charge is 2.39. The van der Waals surface area contributed by atoms with Crippen molar-refractivity contribution < 1.29 is 27.4 Å². The molecule has 4 nitrogen and oxygen atoms in total. The Kier molecular flexibility index (Phi) is 5.46. The number of ether oxygens (including phenoxy) is 2. The molecule has 1 N–H and O–H groups in total. The maximum Gasteiger partial charge on any atom is 0.471 e. The lowest BCUT2D eigenvalue weighted by Gasteiger charge is -2.20. The van der Waals surface area contributed by atoms with Crippen molar-refractivity contribution in [3.8, 4) is 5.75 Å². The van der Waals surface area contributed by atoms with Crippen molar-refractivity contribution in [2.75, 3.05) is 19.5 Å². The summed E-state index contributed by atoms with van der Waals surface area (Å²) in [7, 11) is 2.97. The third-order valence-electron chi connectivity index (χ3n) is 3.40. The smallest absolute Gasteiger partial charge is 0.471 e. The molecular formula is C17H16F3NO3. The molecule has 0 aliphatic heterocycles. The number of nitrogens with one attached hydrogen (secondary N) is 1. The van der Waals surface area contributed by atoms with Gasteiger partial charge in [-0.1, -0.05) is 30.3 Å². The number of carbonyl (C=O) groups is 1. The molecule has 24 heavy (non-hydrogen) atoms. The monoisotopic (exact) mass is 339 g/mol. The average Bonchev–Trinajstić information content (AvgIpc) is 2.56. The van der Waals surface area contributed by atoms with E-state index in [0.717, 1.165) is 0 Å². The van der Waals surface area contributed by atoms with Crippen LogP contribution in [0.2, 0.25) is 0 Å². The fraction of sp³-hybridized carbons (Fsp3) is 0.235. The lowest BCUT2D eigenvalue weighted by molar-refractivity contribution is -0.167. The lowest BCUT2D eigenvalue weighted by Crippen LogP contribution is -2.30. The largest absolute Gasteiger partial charge is 0.497 e. The van der Waals surface area contributed by atoms with Crippen molar-refractivity contribution in [3.63, 3.8) is 0 Å². The zero-order chi connectivity index (χ0) is 17.7. The Morgan fingerprint density at radius 1 is 1.04 bits per heavy atom. The van der Waals surface area contributed by atoms with Gasteiger partial charge in [-0.25, -0.2) is 0 Å². The van der Waals surface area contributed by atoms with Crippen molar-refractivity contribution in [2.45, 2.75) is 12.3 Å². The molecule has 0 fully saturated rings.